The molecular weight excluding hydrogens is 365 g/mol. The third-order valence-electron chi connectivity index (χ3n) is 2.99. The summed E-state index contributed by atoms with van der Waals surface area (Å²) in [6.07, 6.45) is -13.1. The lowest BCUT2D eigenvalue weighted by Crippen LogP contribution is -2.50. The van der Waals surface area contributed by atoms with Crippen molar-refractivity contribution in [1.82, 2.24) is 4.98 Å². The maximum Gasteiger partial charge on any atom is 0.436 e. The number of hydrogen-bond donors (Lipinski definition) is 1. The van der Waals surface area contributed by atoms with Gasteiger partial charge in [0.25, 0.3) is 0 Å². The molecule has 0 aliphatic rings. The fourth-order valence-electron chi connectivity index (χ4n) is 1.68. The van der Waals surface area contributed by atoms with E-state index in [1.807, 2.05) is 5.32 Å². The number of rotatable bonds is 5. The first-order valence-electron chi connectivity index (χ1n) is 6.48. The van der Waals surface area contributed by atoms with E-state index < -0.39 is 41.3 Å². The molecule has 12 heteroatoms. The molecule has 0 aliphatic heterocycles. The van der Waals surface area contributed by atoms with Crippen molar-refractivity contribution >= 4 is 17.7 Å². The normalized spacial score (nSPS) is 12.6. The predicted molar refractivity (Wildman–Crippen MR) is 69.0 cm³/mol. The van der Waals surface area contributed by atoms with Crippen LogP contribution in [0.15, 0.2) is 18.3 Å². The van der Waals surface area contributed by atoms with Crippen molar-refractivity contribution in [3.8, 4) is 0 Å². The molecular formula is C13H11F7N2O3. The molecule has 0 bridgehead atoms. The maximum atomic E-state index is 13.8. The van der Waals surface area contributed by atoms with Crippen LogP contribution >= 0.6 is 0 Å². The Labute approximate surface area is 136 Å². The molecule has 1 amide bonds. The lowest BCUT2D eigenvalue weighted by atomic mass is 9.96. The smallest absolute Gasteiger partial charge is 0.436 e. The summed E-state index contributed by atoms with van der Waals surface area (Å²) in [6, 6.07) is 0.793. The van der Waals surface area contributed by atoms with Gasteiger partial charge in [-0.15, -0.1) is 0 Å². The summed E-state index contributed by atoms with van der Waals surface area (Å²) in [6.45, 7) is 0. The summed E-state index contributed by atoms with van der Waals surface area (Å²) in [4.78, 5) is 25.5. The van der Waals surface area contributed by atoms with Crippen LogP contribution in [0.4, 0.5) is 36.6 Å². The minimum absolute atomic E-state index is 0.0247. The van der Waals surface area contributed by atoms with E-state index in [-0.39, 0.29) is 25.1 Å². The van der Waals surface area contributed by atoms with Gasteiger partial charge in [0, 0.05) is 18.2 Å². The van der Waals surface area contributed by atoms with Crippen molar-refractivity contribution in [2.24, 2.45) is 0 Å². The van der Waals surface area contributed by atoms with E-state index in [1.165, 1.54) is 0 Å². The Balaban J connectivity index is 2.95. The summed E-state index contributed by atoms with van der Waals surface area (Å²) < 4.78 is 93.5. The third-order valence-corrected chi connectivity index (χ3v) is 2.99. The Bertz CT molecular complexity index is 612. The molecule has 0 radical (unpaired) electrons. The van der Waals surface area contributed by atoms with E-state index in [0.29, 0.717) is 6.07 Å². The van der Waals surface area contributed by atoms with Gasteiger partial charge in [0.05, 0.1) is 13.5 Å². The second-order valence-corrected chi connectivity index (χ2v) is 4.71. The molecule has 0 saturated heterocycles. The molecule has 1 heterocycles. The molecule has 0 spiro atoms. The molecule has 0 saturated carbocycles. The second kappa shape index (κ2) is 7.23. The van der Waals surface area contributed by atoms with Gasteiger partial charge in [-0.2, -0.15) is 26.3 Å². The van der Waals surface area contributed by atoms with E-state index >= 15 is 0 Å². The van der Waals surface area contributed by atoms with Crippen LogP contribution in [0.1, 0.15) is 18.4 Å². The number of carbonyl (C=O) groups is 2. The summed E-state index contributed by atoms with van der Waals surface area (Å²) in [5, 5.41) is 2.03. The van der Waals surface area contributed by atoms with Gasteiger partial charge >= 0.3 is 24.0 Å². The summed E-state index contributed by atoms with van der Waals surface area (Å²) in [7, 11) is 1.09. The largest absolute Gasteiger partial charge is 0.469 e. The van der Waals surface area contributed by atoms with Crippen LogP contribution in [0.5, 0.6) is 0 Å². The van der Waals surface area contributed by atoms with E-state index in [1.54, 1.807) is 0 Å². The Hall–Kier alpha value is -2.40. The number of anilines is 1. The Morgan fingerprint density at radius 1 is 1.04 bits per heavy atom. The van der Waals surface area contributed by atoms with Gasteiger partial charge in [-0.05, 0) is 12.1 Å². The number of aromatic nitrogens is 1. The minimum atomic E-state index is -6.25. The lowest BCUT2D eigenvalue weighted by Gasteiger charge is -2.30. The van der Waals surface area contributed by atoms with Crippen molar-refractivity contribution in [2.75, 3.05) is 12.4 Å². The predicted octanol–water partition coefficient (Wildman–Crippen LogP) is 3.26. The average Bonchev–Trinajstić information content (AvgIpc) is 2.50. The second-order valence-electron chi connectivity index (χ2n) is 4.71. The van der Waals surface area contributed by atoms with Crippen LogP contribution in [0.3, 0.4) is 0 Å². The van der Waals surface area contributed by atoms with Gasteiger partial charge in [0.1, 0.15) is 5.82 Å². The Morgan fingerprint density at radius 3 is 2.00 bits per heavy atom. The van der Waals surface area contributed by atoms with E-state index in [2.05, 4.69) is 9.72 Å². The van der Waals surface area contributed by atoms with Crippen LogP contribution in [0.25, 0.3) is 0 Å². The first-order valence-corrected chi connectivity index (χ1v) is 6.48. The van der Waals surface area contributed by atoms with Crippen LogP contribution < -0.4 is 5.32 Å². The third kappa shape index (κ3) is 4.57. The number of methoxy groups -OCH3 is 1. The number of amides is 1. The molecule has 140 valence electrons. The van der Waals surface area contributed by atoms with E-state index in [9.17, 15) is 40.3 Å². The molecule has 5 nitrogen and oxygen atoms in total. The van der Waals surface area contributed by atoms with Gasteiger partial charge in [-0.25, -0.2) is 9.37 Å². The lowest BCUT2D eigenvalue weighted by molar-refractivity contribution is -0.348. The van der Waals surface area contributed by atoms with Crippen molar-refractivity contribution in [2.45, 2.75) is 30.9 Å². The molecule has 0 unspecified atom stereocenters. The standard InChI is InChI=1S/C13H11F7N2O3/c1-25-10(24)5-4-9(23)22-8-3-2-7(6-21-8)11(14,12(15,16)17)13(18,19)20/h2-3,6H,4-5H2,1H3,(H,21,22,23). The van der Waals surface area contributed by atoms with Gasteiger partial charge in [-0.3, -0.25) is 9.59 Å². The first-order chi connectivity index (χ1) is 11.3. The number of pyridine rings is 1. The molecule has 0 fully saturated rings. The molecule has 0 aliphatic carbocycles. The maximum absolute atomic E-state index is 13.8. The van der Waals surface area contributed by atoms with Gasteiger partial charge in [0.2, 0.25) is 5.91 Å². The highest BCUT2D eigenvalue weighted by atomic mass is 19.4. The zero-order valence-corrected chi connectivity index (χ0v) is 12.5. The highest BCUT2D eigenvalue weighted by molar-refractivity contribution is 5.91. The average molecular weight is 376 g/mol. The summed E-state index contributed by atoms with van der Waals surface area (Å²) in [5.74, 6) is -1.90. The number of esters is 1. The number of nitrogens with zero attached hydrogens (tertiary/aromatic N) is 1. The highest BCUT2D eigenvalue weighted by Gasteiger charge is 2.73. The van der Waals surface area contributed by atoms with Gasteiger partial charge in [-0.1, -0.05) is 0 Å². The van der Waals surface area contributed by atoms with Crippen LogP contribution in [-0.4, -0.2) is 36.3 Å². The van der Waals surface area contributed by atoms with Crippen LogP contribution in [-0.2, 0) is 20.0 Å². The first kappa shape index (κ1) is 20.6. The van der Waals surface area contributed by atoms with E-state index in [4.69, 9.17) is 0 Å². The topological polar surface area (TPSA) is 68.3 Å². The quantitative estimate of drug-likeness (QED) is 0.633. The van der Waals surface area contributed by atoms with Crippen LogP contribution in [0.2, 0.25) is 0 Å². The molecule has 0 aromatic carbocycles. The van der Waals surface area contributed by atoms with Crippen molar-refractivity contribution < 1.29 is 45.1 Å². The molecule has 25 heavy (non-hydrogen) atoms. The zero-order valence-electron chi connectivity index (χ0n) is 12.5. The zero-order chi connectivity index (χ0) is 19.5. The highest BCUT2D eigenvalue weighted by Crippen LogP contribution is 2.53. The molecule has 1 rings (SSSR count). The van der Waals surface area contributed by atoms with Gasteiger partial charge < -0.3 is 10.1 Å². The summed E-state index contributed by atoms with van der Waals surface area (Å²) in [5.41, 5.74) is -7.37. The number of alkyl halides is 7. The molecule has 1 aromatic heterocycles. The van der Waals surface area contributed by atoms with Crippen molar-refractivity contribution in [3.63, 3.8) is 0 Å². The SMILES string of the molecule is COC(=O)CCC(=O)Nc1ccc(C(F)(C(F)(F)F)C(F)(F)F)cn1. The van der Waals surface area contributed by atoms with Gasteiger partial charge in [0.15, 0.2) is 0 Å². The Kier molecular flexibility index (Phi) is 5.97. The monoisotopic (exact) mass is 376 g/mol. The van der Waals surface area contributed by atoms with E-state index in [0.717, 1.165) is 7.11 Å². The fraction of sp³-hybridized carbons (Fsp3) is 0.462. The van der Waals surface area contributed by atoms with Crippen LogP contribution in [0, 0.1) is 0 Å². The summed E-state index contributed by atoms with van der Waals surface area (Å²) >= 11 is 0. The fourth-order valence-corrected chi connectivity index (χ4v) is 1.68. The number of halogens is 7. The number of ether oxygens (including phenoxy) is 1. The number of carbonyl (C=O) groups excluding carboxylic acids is 2. The molecule has 1 aromatic rings. The molecule has 1 N–H and O–H groups in total. The number of nitrogens with one attached hydrogen (secondary N) is 1. The van der Waals surface area contributed by atoms with Crippen molar-refractivity contribution in [3.05, 3.63) is 23.9 Å². The number of hydrogen-bond acceptors (Lipinski definition) is 4. The van der Waals surface area contributed by atoms with Crippen molar-refractivity contribution in [1.29, 1.82) is 0 Å². The minimum Gasteiger partial charge on any atom is -0.469 e. The Morgan fingerprint density at radius 2 is 1.60 bits per heavy atom. The molecule has 0 atom stereocenters.